The van der Waals surface area contributed by atoms with Crippen LogP contribution in [0.5, 0.6) is 0 Å². The second kappa shape index (κ2) is 9.20. The van der Waals surface area contributed by atoms with E-state index in [2.05, 4.69) is 4.90 Å². The maximum atomic E-state index is 12.6. The molecule has 1 amide bonds. The van der Waals surface area contributed by atoms with Gasteiger partial charge in [0, 0.05) is 12.2 Å². The maximum Gasteiger partial charge on any atom is 0.414 e. The molecule has 1 aliphatic rings. The Labute approximate surface area is 152 Å². The summed E-state index contributed by atoms with van der Waals surface area (Å²) in [7, 11) is 0. The normalized spacial score (nSPS) is 16.6. The lowest BCUT2D eigenvalue weighted by atomic mass is 9.97. The SMILES string of the molecule is CC(C)(C)OC(=O)N(CCCN1CCC(CN)CC1)c1ccccc1. The van der Waals surface area contributed by atoms with Crippen LogP contribution in [0.3, 0.4) is 0 Å². The van der Waals surface area contributed by atoms with E-state index in [1.807, 2.05) is 51.1 Å². The van der Waals surface area contributed by atoms with Crippen molar-refractivity contribution in [2.24, 2.45) is 11.7 Å². The molecule has 1 aliphatic heterocycles. The van der Waals surface area contributed by atoms with Crippen LogP contribution in [0, 0.1) is 5.92 Å². The highest BCUT2D eigenvalue weighted by atomic mass is 16.6. The first-order chi connectivity index (χ1) is 11.9. The van der Waals surface area contributed by atoms with Crippen molar-refractivity contribution in [2.45, 2.75) is 45.6 Å². The number of nitrogens with zero attached hydrogens (tertiary/aromatic N) is 2. The fourth-order valence-corrected chi connectivity index (χ4v) is 3.15. The number of anilines is 1. The van der Waals surface area contributed by atoms with Gasteiger partial charge in [0.05, 0.1) is 0 Å². The van der Waals surface area contributed by atoms with Crippen molar-refractivity contribution in [1.82, 2.24) is 4.90 Å². The van der Waals surface area contributed by atoms with E-state index in [0.29, 0.717) is 12.5 Å². The summed E-state index contributed by atoms with van der Waals surface area (Å²) in [4.78, 5) is 16.8. The zero-order chi connectivity index (χ0) is 18.3. The first kappa shape index (κ1) is 19.7. The highest BCUT2D eigenvalue weighted by Gasteiger charge is 2.24. The van der Waals surface area contributed by atoms with E-state index in [0.717, 1.165) is 38.3 Å². The number of benzene rings is 1. The second-order valence-corrected chi connectivity index (χ2v) is 7.84. The van der Waals surface area contributed by atoms with Crippen LogP contribution in [-0.2, 0) is 4.74 Å². The van der Waals surface area contributed by atoms with Gasteiger partial charge >= 0.3 is 6.09 Å². The monoisotopic (exact) mass is 347 g/mol. The number of rotatable bonds is 6. The van der Waals surface area contributed by atoms with Gasteiger partial charge in [0.1, 0.15) is 5.60 Å². The van der Waals surface area contributed by atoms with E-state index in [9.17, 15) is 4.79 Å². The van der Waals surface area contributed by atoms with Gasteiger partial charge in [0.15, 0.2) is 0 Å². The zero-order valence-electron chi connectivity index (χ0n) is 15.9. The van der Waals surface area contributed by atoms with Gasteiger partial charge in [-0.15, -0.1) is 0 Å². The summed E-state index contributed by atoms with van der Waals surface area (Å²) in [5.41, 5.74) is 6.16. The third-order valence-electron chi connectivity index (χ3n) is 4.58. The molecule has 1 saturated heterocycles. The molecule has 2 N–H and O–H groups in total. The molecule has 1 fully saturated rings. The minimum atomic E-state index is -0.492. The van der Waals surface area contributed by atoms with Crippen molar-refractivity contribution >= 4 is 11.8 Å². The van der Waals surface area contributed by atoms with Crippen LogP contribution < -0.4 is 10.6 Å². The highest BCUT2D eigenvalue weighted by molar-refractivity contribution is 5.87. The average molecular weight is 348 g/mol. The standard InChI is InChI=1S/C20H33N3O2/c1-20(2,3)25-19(24)23(18-8-5-4-6-9-18)13-7-12-22-14-10-17(16-21)11-15-22/h4-6,8-9,17H,7,10-16,21H2,1-3H3. The fourth-order valence-electron chi connectivity index (χ4n) is 3.15. The number of piperidine rings is 1. The Morgan fingerprint density at radius 2 is 1.88 bits per heavy atom. The fraction of sp³-hybridized carbons (Fsp3) is 0.650. The van der Waals surface area contributed by atoms with Crippen LogP contribution in [0.25, 0.3) is 0 Å². The summed E-state index contributed by atoms with van der Waals surface area (Å²) in [6, 6.07) is 9.76. The first-order valence-electron chi connectivity index (χ1n) is 9.37. The number of hydrogen-bond acceptors (Lipinski definition) is 4. The number of ether oxygens (including phenoxy) is 1. The summed E-state index contributed by atoms with van der Waals surface area (Å²) in [6.45, 7) is 10.4. The van der Waals surface area contributed by atoms with Crippen LogP contribution in [0.2, 0.25) is 0 Å². The van der Waals surface area contributed by atoms with Crippen LogP contribution in [-0.4, -0.2) is 49.3 Å². The molecule has 0 spiro atoms. The topological polar surface area (TPSA) is 58.8 Å². The molecule has 25 heavy (non-hydrogen) atoms. The summed E-state index contributed by atoms with van der Waals surface area (Å²) < 4.78 is 5.58. The lowest BCUT2D eigenvalue weighted by Crippen LogP contribution is -2.40. The van der Waals surface area contributed by atoms with Crippen molar-refractivity contribution in [3.8, 4) is 0 Å². The summed E-state index contributed by atoms with van der Waals surface area (Å²) in [5, 5.41) is 0. The molecule has 5 nitrogen and oxygen atoms in total. The smallest absolute Gasteiger partial charge is 0.414 e. The third kappa shape index (κ3) is 6.67. The molecule has 1 aromatic carbocycles. The van der Waals surface area contributed by atoms with Crippen molar-refractivity contribution in [3.63, 3.8) is 0 Å². The largest absolute Gasteiger partial charge is 0.443 e. The Morgan fingerprint density at radius 3 is 2.44 bits per heavy atom. The quantitative estimate of drug-likeness (QED) is 0.856. The molecule has 5 heteroatoms. The number of carbonyl (C=O) groups is 1. The van der Waals surface area contributed by atoms with Gasteiger partial charge in [-0.1, -0.05) is 18.2 Å². The third-order valence-corrected chi connectivity index (χ3v) is 4.58. The molecule has 0 atom stereocenters. The van der Waals surface area contributed by atoms with E-state index in [1.54, 1.807) is 4.90 Å². The number of hydrogen-bond donors (Lipinski definition) is 1. The van der Waals surface area contributed by atoms with E-state index in [-0.39, 0.29) is 6.09 Å². The minimum Gasteiger partial charge on any atom is -0.443 e. The van der Waals surface area contributed by atoms with Crippen LogP contribution in [0.15, 0.2) is 30.3 Å². The molecule has 0 saturated carbocycles. The number of likely N-dealkylation sites (tertiary alicyclic amines) is 1. The molecule has 140 valence electrons. The van der Waals surface area contributed by atoms with Gasteiger partial charge in [-0.05, 0) is 84.3 Å². The van der Waals surface area contributed by atoms with Gasteiger partial charge in [-0.3, -0.25) is 4.90 Å². The van der Waals surface area contributed by atoms with E-state index >= 15 is 0 Å². The summed E-state index contributed by atoms with van der Waals surface area (Å²) in [5.74, 6) is 0.679. The van der Waals surface area contributed by atoms with Gasteiger partial charge in [-0.25, -0.2) is 4.79 Å². The second-order valence-electron chi connectivity index (χ2n) is 7.84. The summed E-state index contributed by atoms with van der Waals surface area (Å²) in [6.07, 6.45) is 3.03. The molecule has 0 unspecified atom stereocenters. The van der Waals surface area contributed by atoms with E-state index in [4.69, 9.17) is 10.5 Å². The van der Waals surface area contributed by atoms with Gasteiger partial charge < -0.3 is 15.4 Å². The first-order valence-corrected chi connectivity index (χ1v) is 9.37. The molecule has 0 aromatic heterocycles. The van der Waals surface area contributed by atoms with E-state index < -0.39 is 5.60 Å². The maximum absolute atomic E-state index is 12.6. The van der Waals surface area contributed by atoms with Crippen LogP contribution in [0.4, 0.5) is 10.5 Å². The molecule has 0 radical (unpaired) electrons. The zero-order valence-corrected chi connectivity index (χ0v) is 15.9. The van der Waals surface area contributed by atoms with Gasteiger partial charge in [0.25, 0.3) is 0 Å². The van der Waals surface area contributed by atoms with E-state index in [1.165, 1.54) is 12.8 Å². The Kier molecular flexibility index (Phi) is 7.26. The highest BCUT2D eigenvalue weighted by Crippen LogP contribution is 2.19. The molecule has 1 aromatic rings. The van der Waals surface area contributed by atoms with Gasteiger partial charge in [0.2, 0.25) is 0 Å². The number of carbonyl (C=O) groups excluding carboxylic acids is 1. The van der Waals surface area contributed by atoms with Crippen molar-refractivity contribution in [1.29, 1.82) is 0 Å². The minimum absolute atomic E-state index is 0.277. The molecule has 1 heterocycles. The van der Waals surface area contributed by atoms with Crippen LogP contribution in [0.1, 0.15) is 40.0 Å². The molecule has 2 rings (SSSR count). The van der Waals surface area contributed by atoms with Crippen molar-refractivity contribution in [2.75, 3.05) is 37.6 Å². The van der Waals surface area contributed by atoms with Crippen LogP contribution >= 0.6 is 0 Å². The molecule has 0 aliphatic carbocycles. The Bertz CT molecular complexity index is 519. The Morgan fingerprint density at radius 1 is 1.24 bits per heavy atom. The molecule has 0 bridgehead atoms. The van der Waals surface area contributed by atoms with Crippen molar-refractivity contribution < 1.29 is 9.53 Å². The summed E-state index contributed by atoms with van der Waals surface area (Å²) >= 11 is 0. The number of para-hydroxylation sites is 1. The van der Waals surface area contributed by atoms with Gasteiger partial charge in [-0.2, -0.15) is 0 Å². The Hall–Kier alpha value is -1.59. The molecular formula is C20H33N3O2. The lowest BCUT2D eigenvalue weighted by molar-refractivity contribution is 0.0578. The Balaban J connectivity index is 1.89. The van der Waals surface area contributed by atoms with Crippen molar-refractivity contribution in [3.05, 3.63) is 30.3 Å². The predicted octanol–water partition coefficient (Wildman–Crippen LogP) is 3.49. The lowest BCUT2D eigenvalue weighted by Gasteiger charge is -2.32. The number of amides is 1. The number of nitrogens with two attached hydrogens (primary N) is 1. The average Bonchev–Trinajstić information content (AvgIpc) is 2.58. The predicted molar refractivity (Wildman–Crippen MR) is 103 cm³/mol. The molecular weight excluding hydrogens is 314 g/mol.